The second kappa shape index (κ2) is 7.56. The van der Waals surface area contributed by atoms with Crippen LogP contribution in [0.3, 0.4) is 0 Å². The molecule has 2 heterocycles. The summed E-state index contributed by atoms with van der Waals surface area (Å²) in [7, 11) is 0. The van der Waals surface area contributed by atoms with Gasteiger partial charge in [0.25, 0.3) is 5.91 Å². The first-order valence-electron chi connectivity index (χ1n) is 9.24. The lowest BCUT2D eigenvalue weighted by Crippen LogP contribution is -2.24. The van der Waals surface area contributed by atoms with Gasteiger partial charge in [0.1, 0.15) is 5.56 Å². The van der Waals surface area contributed by atoms with Crippen molar-refractivity contribution in [3.8, 4) is 11.5 Å². The van der Waals surface area contributed by atoms with E-state index in [1.165, 1.54) is 5.56 Å². The number of carbonyl (C=O) groups excluding carboxylic acids is 1. The molecule has 0 saturated heterocycles. The van der Waals surface area contributed by atoms with Crippen molar-refractivity contribution in [3.05, 3.63) is 102 Å². The molecule has 5 nitrogen and oxygen atoms in total. The molecule has 5 heteroatoms. The first kappa shape index (κ1) is 17.8. The molecule has 0 spiro atoms. The zero-order valence-electron chi connectivity index (χ0n) is 16.0. The maximum Gasteiger partial charge on any atom is 0.256 e. The summed E-state index contributed by atoms with van der Waals surface area (Å²) in [5.74, 6) is 0.571. The second-order valence-electron chi connectivity index (χ2n) is 6.83. The van der Waals surface area contributed by atoms with Crippen LogP contribution in [-0.2, 0) is 6.54 Å². The molecule has 0 atom stereocenters. The van der Waals surface area contributed by atoms with Crippen molar-refractivity contribution in [1.29, 1.82) is 0 Å². The van der Waals surface area contributed by atoms with Gasteiger partial charge < -0.3 is 9.88 Å². The van der Waals surface area contributed by atoms with Crippen molar-refractivity contribution >= 4 is 5.91 Å². The van der Waals surface area contributed by atoms with E-state index in [0.717, 1.165) is 22.6 Å². The van der Waals surface area contributed by atoms with Gasteiger partial charge in [0.2, 0.25) is 0 Å². The summed E-state index contributed by atoms with van der Waals surface area (Å²) in [6, 6.07) is 20.0. The normalized spacial score (nSPS) is 10.8. The Kier molecular flexibility index (Phi) is 4.81. The zero-order valence-corrected chi connectivity index (χ0v) is 16.0. The van der Waals surface area contributed by atoms with Crippen LogP contribution in [0.15, 0.2) is 79.3 Å². The van der Waals surface area contributed by atoms with Crippen LogP contribution in [-0.4, -0.2) is 20.3 Å². The van der Waals surface area contributed by atoms with Gasteiger partial charge >= 0.3 is 0 Å². The molecule has 1 amide bonds. The van der Waals surface area contributed by atoms with E-state index in [0.29, 0.717) is 12.1 Å². The molecule has 4 aromatic rings. The van der Waals surface area contributed by atoms with E-state index >= 15 is 0 Å². The molecule has 0 radical (unpaired) electrons. The highest BCUT2D eigenvalue weighted by Crippen LogP contribution is 2.20. The number of nitrogens with one attached hydrogen (secondary N) is 1. The minimum Gasteiger partial charge on any atom is -0.348 e. The van der Waals surface area contributed by atoms with E-state index in [1.807, 2.05) is 91.5 Å². The number of aryl methyl sites for hydroxylation is 2. The van der Waals surface area contributed by atoms with Crippen LogP contribution in [0, 0.1) is 13.8 Å². The zero-order chi connectivity index (χ0) is 19.5. The molecule has 4 rings (SSSR count). The third kappa shape index (κ3) is 3.47. The molecule has 0 aliphatic rings. The largest absolute Gasteiger partial charge is 0.348 e. The van der Waals surface area contributed by atoms with Crippen LogP contribution in [0.2, 0.25) is 0 Å². The number of rotatable bonds is 5. The van der Waals surface area contributed by atoms with E-state index < -0.39 is 0 Å². The Balaban J connectivity index is 1.68. The van der Waals surface area contributed by atoms with E-state index in [9.17, 15) is 4.79 Å². The Morgan fingerprint density at radius 2 is 1.68 bits per heavy atom. The van der Waals surface area contributed by atoms with Crippen molar-refractivity contribution in [2.24, 2.45) is 0 Å². The third-order valence-electron chi connectivity index (χ3n) is 4.82. The van der Waals surface area contributed by atoms with Gasteiger partial charge in [-0.1, -0.05) is 42.0 Å². The quantitative estimate of drug-likeness (QED) is 0.572. The highest BCUT2D eigenvalue weighted by Gasteiger charge is 2.19. The Labute approximate surface area is 164 Å². The number of aromatic nitrogens is 3. The summed E-state index contributed by atoms with van der Waals surface area (Å²) < 4.78 is 3.71. The van der Waals surface area contributed by atoms with Crippen LogP contribution >= 0.6 is 0 Å². The lowest BCUT2D eigenvalue weighted by atomic mass is 10.1. The molecule has 28 heavy (non-hydrogen) atoms. The Morgan fingerprint density at radius 3 is 2.39 bits per heavy atom. The Bertz CT molecular complexity index is 1090. The molecular weight excluding hydrogens is 348 g/mol. The smallest absolute Gasteiger partial charge is 0.256 e. The fourth-order valence-corrected chi connectivity index (χ4v) is 3.18. The number of benzene rings is 2. The summed E-state index contributed by atoms with van der Waals surface area (Å²) in [5, 5.41) is 7.53. The maximum absolute atomic E-state index is 13.0. The highest BCUT2D eigenvalue weighted by atomic mass is 16.1. The van der Waals surface area contributed by atoms with Crippen LogP contribution in [0.4, 0.5) is 0 Å². The molecule has 0 fully saturated rings. The molecule has 0 bridgehead atoms. The topological polar surface area (TPSA) is 51.9 Å². The summed E-state index contributed by atoms with van der Waals surface area (Å²) in [6.07, 6.45) is 5.46. The molecule has 0 saturated carbocycles. The minimum absolute atomic E-state index is 0.148. The second-order valence-corrected chi connectivity index (χ2v) is 6.83. The Morgan fingerprint density at radius 1 is 0.964 bits per heavy atom. The van der Waals surface area contributed by atoms with E-state index in [-0.39, 0.29) is 5.91 Å². The van der Waals surface area contributed by atoms with Crippen molar-refractivity contribution in [2.75, 3.05) is 0 Å². The first-order valence-corrected chi connectivity index (χ1v) is 9.24. The standard InChI is InChI=1S/C23H22N4O/c1-17-9-11-20(12-10-17)27-23(26-13-5-6-14-26)21(16-25-27)22(28)24-15-19-8-4-3-7-18(19)2/h3-14,16H,15H2,1-2H3,(H,24,28). The van der Waals surface area contributed by atoms with Crippen LogP contribution in [0.5, 0.6) is 0 Å². The lowest BCUT2D eigenvalue weighted by Gasteiger charge is -2.12. The fourth-order valence-electron chi connectivity index (χ4n) is 3.18. The third-order valence-corrected chi connectivity index (χ3v) is 4.82. The predicted molar refractivity (Wildman–Crippen MR) is 110 cm³/mol. The van der Waals surface area contributed by atoms with Crippen LogP contribution in [0.25, 0.3) is 11.5 Å². The maximum atomic E-state index is 13.0. The van der Waals surface area contributed by atoms with Crippen molar-refractivity contribution in [3.63, 3.8) is 0 Å². The lowest BCUT2D eigenvalue weighted by molar-refractivity contribution is 0.0951. The van der Waals surface area contributed by atoms with Crippen LogP contribution in [0.1, 0.15) is 27.0 Å². The predicted octanol–water partition coefficient (Wildman–Crippen LogP) is 4.21. The number of nitrogens with zero attached hydrogens (tertiary/aromatic N) is 3. The monoisotopic (exact) mass is 370 g/mol. The fraction of sp³-hybridized carbons (Fsp3) is 0.130. The van der Waals surface area contributed by atoms with E-state index in [1.54, 1.807) is 10.9 Å². The van der Waals surface area contributed by atoms with Crippen LogP contribution < -0.4 is 5.32 Å². The average Bonchev–Trinajstić information content (AvgIpc) is 3.37. The summed E-state index contributed by atoms with van der Waals surface area (Å²) in [6.45, 7) is 4.57. The molecule has 1 N–H and O–H groups in total. The summed E-state index contributed by atoms with van der Waals surface area (Å²) in [4.78, 5) is 13.0. The summed E-state index contributed by atoms with van der Waals surface area (Å²) in [5.41, 5.74) is 4.88. The first-order chi connectivity index (χ1) is 13.6. The number of carbonyl (C=O) groups is 1. The van der Waals surface area contributed by atoms with Gasteiger partial charge in [-0.2, -0.15) is 5.10 Å². The van der Waals surface area contributed by atoms with Crippen molar-refractivity contribution in [2.45, 2.75) is 20.4 Å². The van der Waals surface area contributed by atoms with Gasteiger partial charge in [-0.15, -0.1) is 0 Å². The van der Waals surface area contributed by atoms with Gasteiger partial charge in [0, 0.05) is 18.9 Å². The van der Waals surface area contributed by atoms with Crippen molar-refractivity contribution in [1.82, 2.24) is 19.7 Å². The number of amides is 1. The van der Waals surface area contributed by atoms with Gasteiger partial charge in [-0.05, 0) is 49.2 Å². The van der Waals surface area contributed by atoms with Gasteiger partial charge in [0.05, 0.1) is 11.9 Å². The van der Waals surface area contributed by atoms with Gasteiger partial charge in [-0.3, -0.25) is 4.79 Å². The van der Waals surface area contributed by atoms with Crippen molar-refractivity contribution < 1.29 is 4.79 Å². The molecule has 0 unspecified atom stereocenters. The molecular formula is C23H22N4O. The Hall–Kier alpha value is -3.60. The highest BCUT2D eigenvalue weighted by molar-refractivity contribution is 5.97. The minimum atomic E-state index is -0.148. The van der Waals surface area contributed by atoms with Gasteiger partial charge in [-0.25, -0.2) is 4.68 Å². The SMILES string of the molecule is Cc1ccc(-n2ncc(C(=O)NCc3ccccc3C)c2-n2cccc2)cc1. The molecule has 2 aromatic carbocycles. The number of hydrogen-bond donors (Lipinski definition) is 1. The van der Waals surface area contributed by atoms with E-state index in [4.69, 9.17) is 0 Å². The molecule has 2 aromatic heterocycles. The molecule has 0 aliphatic heterocycles. The average molecular weight is 370 g/mol. The molecule has 140 valence electrons. The van der Waals surface area contributed by atoms with Gasteiger partial charge in [0.15, 0.2) is 5.82 Å². The summed E-state index contributed by atoms with van der Waals surface area (Å²) >= 11 is 0. The van der Waals surface area contributed by atoms with E-state index in [2.05, 4.69) is 10.4 Å². The molecule has 0 aliphatic carbocycles. The number of hydrogen-bond acceptors (Lipinski definition) is 2.